The molecule has 230 valence electrons. The molecule has 0 aliphatic carbocycles. The minimum Gasteiger partial charge on any atom is -0.493 e. The quantitative estimate of drug-likeness (QED) is 0.129. The summed E-state index contributed by atoms with van der Waals surface area (Å²) in [6.07, 6.45) is -4.62. The van der Waals surface area contributed by atoms with Crippen LogP contribution in [0.5, 0.6) is 17.2 Å². The maximum atomic E-state index is 13.6. The number of hydrogen-bond acceptors (Lipinski definition) is 7. The number of halogens is 3. The largest absolute Gasteiger partial charge is 0.493 e. The van der Waals surface area contributed by atoms with E-state index in [9.17, 15) is 17.4 Å². The number of methoxy groups -OCH3 is 2. The second-order valence-corrected chi connectivity index (χ2v) is 11.4. The van der Waals surface area contributed by atoms with Crippen LogP contribution in [-0.4, -0.2) is 37.7 Å². The first-order valence-corrected chi connectivity index (χ1v) is 14.7. The summed E-state index contributed by atoms with van der Waals surface area (Å²) < 4.78 is 82.9. The van der Waals surface area contributed by atoms with Gasteiger partial charge in [-0.15, -0.1) is 0 Å². The third-order valence-corrected chi connectivity index (χ3v) is 8.33. The molecule has 4 aromatic rings. The topological polar surface area (TPSA) is 75.6 Å². The fourth-order valence-corrected chi connectivity index (χ4v) is 5.81. The van der Waals surface area contributed by atoms with Gasteiger partial charge in [-0.1, -0.05) is 48.0 Å². The minimum atomic E-state index is -4.62. The molecule has 0 spiro atoms. The van der Waals surface area contributed by atoms with Gasteiger partial charge in [0, 0.05) is 4.90 Å². The van der Waals surface area contributed by atoms with Crippen molar-refractivity contribution in [3.63, 3.8) is 0 Å². The smallest absolute Gasteiger partial charge is 0.416 e. The molecule has 0 aromatic heterocycles. The standard InChI is InChI=1S/C33H30F3NO6S/c1-21-9-12-25(13-10-21)44(38)30-17-24(33(34,35)36)11-14-26(30)32-37-27(19-42-32)23-15-28(39-2)31(29(16-23)40-3)43-20-41-18-22-7-5-4-6-8-22/h4-17,27H,18-20H2,1-3H3/t27-,44+/m1/s1. The van der Waals surface area contributed by atoms with Crippen LogP contribution in [0.2, 0.25) is 0 Å². The zero-order chi connectivity index (χ0) is 31.3. The molecule has 0 radical (unpaired) electrons. The molecule has 0 amide bonds. The first kappa shape index (κ1) is 31.1. The Bertz CT molecular complexity index is 1630. The number of aliphatic imine (C=N–C) groups is 1. The van der Waals surface area contributed by atoms with Gasteiger partial charge in [0.25, 0.3) is 0 Å². The van der Waals surface area contributed by atoms with Gasteiger partial charge in [0.15, 0.2) is 18.3 Å². The lowest BCUT2D eigenvalue weighted by molar-refractivity contribution is -0.137. The summed E-state index contributed by atoms with van der Waals surface area (Å²) in [5.41, 5.74) is 1.90. The Morgan fingerprint density at radius 3 is 2.25 bits per heavy atom. The highest BCUT2D eigenvalue weighted by atomic mass is 32.2. The fraction of sp³-hybridized carbons (Fsp3) is 0.242. The molecule has 0 fully saturated rings. The van der Waals surface area contributed by atoms with Gasteiger partial charge in [-0.25, -0.2) is 9.20 Å². The lowest BCUT2D eigenvalue weighted by Gasteiger charge is -2.17. The van der Waals surface area contributed by atoms with Crippen LogP contribution in [0.1, 0.15) is 33.9 Å². The summed E-state index contributed by atoms with van der Waals surface area (Å²) in [4.78, 5) is 4.98. The van der Waals surface area contributed by atoms with E-state index in [4.69, 9.17) is 23.7 Å². The second kappa shape index (κ2) is 13.5. The van der Waals surface area contributed by atoms with Gasteiger partial charge in [0.1, 0.15) is 12.6 Å². The van der Waals surface area contributed by atoms with Crippen molar-refractivity contribution in [2.45, 2.75) is 35.5 Å². The average Bonchev–Trinajstić information content (AvgIpc) is 3.53. The van der Waals surface area contributed by atoms with E-state index in [1.165, 1.54) is 20.3 Å². The number of alkyl halides is 3. The molecule has 0 bridgehead atoms. The molecule has 0 saturated carbocycles. The molecule has 0 saturated heterocycles. The summed E-state index contributed by atoms with van der Waals surface area (Å²) in [6.45, 7) is 2.28. The van der Waals surface area contributed by atoms with E-state index in [-0.39, 0.29) is 29.8 Å². The van der Waals surface area contributed by atoms with Gasteiger partial charge < -0.3 is 23.7 Å². The molecular weight excluding hydrogens is 595 g/mol. The number of hydrogen-bond donors (Lipinski definition) is 0. The van der Waals surface area contributed by atoms with E-state index in [2.05, 4.69) is 4.99 Å². The number of rotatable bonds is 11. The summed E-state index contributed by atoms with van der Waals surface area (Å²) in [5.74, 6) is 1.18. The Kier molecular flexibility index (Phi) is 9.55. The van der Waals surface area contributed by atoms with E-state index < -0.39 is 28.6 Å². The molecule has 2 atom stereocenters. The van der Waals surface area contributed by atoms with Crippen LogP contribution in [0.3, 0.4) is 0 Å². The van der Waals surface area contributed by atoms with Crippen LogP contribution < -0.4 is 14.2 Å². The maximum Gasteiger partial charge on any atom is 0.416 e. The normalized spacial score (nSPS) is 15.3. The highest BCUT2D eigenvalue weighted by Gasteiger charge is 2.34. The van der Waals surface area contributed by atoms with Gasteiger partial charge in [0.05, 0.1) is 47.6 Å². The van der Waals surface area contributed by atoms with Gasteiger partial charge >= 0.3 is 6.18 Å². The first-order chi connectivity index (χ1) is 21.2. The van der Waals surface area contributed by atoms with Crippen molar-refractivity contribution in [3.8, 4) is 17.2 Å². The minimum absolute atomic E-state index is 0.0440. The highest BCUT2D eigenvalue weighted by Crippen LogP contribution is 2.42. The average molecular weight is 626 g/mol. The van der Waals surface area contributed by atoms with Crippen molar-refractivity contribution >= 4 is 16.7 Å². The van der Waals surface area contributed by atoms with Crippen LogP contribution >= 0.6 is 0 Å². The molecule has 0 unspecified atom stereocenters. The van der Waals surface area contributed by atoms with Crippen LogP contribution in [-0.2, 0) is 33.1 Å². The van der Waals surface area contributed by atoms with E-state index >= 15 is 0 Å². The van der Waals surface area contributed by atoms with Gasteiger partial charge in [-0.2, -0.15) is 13.2 Å². The zero-order valence-electron chi connectivity index (χ0n) is 24.2. The SMILES string of the molecule is COc1cc([C@H]2COC(c3ccc(C(F)(F)F)cc3[S@@](=O)c3ccc(C)cc3)=N2)cc(OC)c1OCOCc1ccccc1. The van der Waals surface area contributed by atoms with Crippen molar-refractivity contribution in [1.82, 2.24) is 0 Å². The number of nitrogens with zero attached hydrogens (tertiary/aromatic N) is 1. The van der Waals surface area contributed by atoms with Crippen LogP contribution in [0, 0.1) is 6.92 Å². The third kappa shape index (κ3) is 7.06. The zero-order valence-corrected chi connectivity index (χ0v) is 25.0. The summed E-state index contributed by atoms with van der Waals surface area (Å²) in [7, 11) is 1.06. The van der Waals surface area contributed by atoms with Crippen molar-refractivity contribution in [3.05, 3.63) is 113 Å². The molecule has 1 aliphatic heterocycles. The molecule has 11 heteroatoms. The Labute approximate surface area is 255 Å². The van der Waals surface area contributed by atoms with E-state index in [0.29, 0.717) is 34.3 Å². The Morgan fingerprint density at radius 1 is 0.932 bits per heavy atom. The van der Waals surface area contributed by atoms with Crippen LogP contribution in [0.15, 0.2) is 99.7 Å². The van der Waals surface area contributed by atoms with Crippen molar-refractivity contribution < 1.29 is 41.1 Å². The monoisotopic (exact) mass is 625 g/mol. The molecule has 4 aromatic carbocycles. The van der Waals surface area contributed by atoms with Crippen LogP contribution in [0.25, 0.3) is 0 Å². The molecule has 44 heavy (non-hydrogen) atoms. The van der Waals surface area contributed by atoms with Gasteiger partial charge in [0.2, 0.25) is 11.6 Å². The van der Waals surface area contributed by atoms with Crippen molar-refractivity contribution in [1.29, 1.82) is 0 Å². The van der Waals surface area contributed by atoms with E-state index in [0.717, 1.165) is 23.3 Å². The highest BCUT2D eigenvalue weighted by molar-refractivity contribution is 7.85. The molecule has 1 aliphatic rings. The Hall–Kier alpha value is -4.35. The van der Waals surface area contributed by atoms with E-state index in [1.807, 2.05) is 37.3 Å². The Morgan fingerprint density at radius 2 is 1.61 bits per heavy atom. The second-order valence-electron chi connectivity index (χ2n) is 9.90. The maximum absolute atomic E-state index is 13.6. The summed E-state index contributed by atoms with van der Waals surface area (Å²) >= 11 is 0. The van der Waals surface area contributed by atoms with Gasteiger partial charge in [-0.3, -0.25) is 0 Å². The summed E-state index contributed by atoms with van der Waals surface area (Å²) in [6, 6.07) is 22.4. The fourth-order valence-electron chi connectivity index (χ4n) is 4.58. The number of aryl methyl sites for hydroxylation is 1. The summed E-state index contributed by atoms with van der Waals surface area (Å²) in [5, 5.41) is 0. The first-order valence-electron chi connectivity index (χ1n) is 13.6. The molecule has 7 nitrogen and oxygen atoms in total. The Balaban J connectivity index is 1.41. The van der Waals surface area contributed by atoms with Crippen LogP contribution in [0.4, 0.5) is 13.2 Å². The molecule has 5 rings (SSSR count). The molecule has 1 heterocycles. The lowest BCUT2D eigenvalue weighted by atomic mass is 10.1. The van der Waals surface area contributed by atoms with E-state index in [1.54, 1.807) is 36.4 Å². The van der Waals surface area contributed by atoms with Crippen molar-refractivity contribution in [2.75, 3.05) is 27.6 Å². The number of benzene rings is 4. The molecule has 0 N–H and O–H groups in total. The predicted octanol–water partition coefficient (Wildman–Crippen LogP) is 7.27. The van der Waals surface area contributed by atoms with Gasteiger partial charge in [-0.05, 0) is 60.5 Å². The third-order valence-electron chi connectivity index (χ3n) is 6.89. The van der Waals surface area contributed by atoms with Crippen molar-refractivity contribution in [2.24, 2.45) is 4.99 Å². The molecular formula is C33H30F3NO6S. The lowest BCUT2D eigenvalue weighted by Crippen LogP contribution is -2.11. The predicted molar refractivity (Wildman–Crippen MR) is 159 cm³/mol. The number of ether oxygens (including phenoxy) is 5.